The smallest absolute Gasteiger partial charge is 0.167 e. The van der Waals surface area contributed by atoms with E-state index >= 15 is 0 Å². The molecule has 1 aromatic heterocycles. The number of aliphatic hydroxyl groups excluding tert-OH is 1. The van der Waals surface area contributed by atoms with E-state index in [-0.39, 0.29) is 0 Å². The average molecular weight is 364 g/mol. The fourth-order valence-electron chi connectivity index (χ4n) is 2.48. The lowest BCUT2D eigenvalue weighted by atomic mass is 10.1. The monoisotopic (exact) mass is 364 g/mol. The molecular formula is C20H26F2N2O2. The van der Waals surface area contributed by atoms with Crippen molar-refractivity contribution in [3.63, 3.8) is 0 Å². The van der Waals surface area contributed by atoms with E-state index < -0.39 is 25.6 Å². The molecular weight excluding hydrogens is 338 g/mol. The highest BCUT2D eigenvalue weighted by atomic mass is 19.2. The van der Waals surface area contributed by atoms with Crippen molar-refractivity contribution in [1.29, 1.82) is 0 Å². The van der Waals surface area contributed by atoms with Crippen LogP contribution in [0.1, 0.15) is 38.2 Å². The van der Waals surface area contributed by atoms with Crippen LogP contribution in [0.3, 0.4) is 0 Å². The Hall–Kier alpha value is -2.08. The summed E-state index contributed by atoms with van der Waals surface area (Å²) in [5.74, 6) is 1.04. The van der Waals surface area contributed by atoms with Crippen molar-refractivity contribution < 1.29 is 18.6 Å². The Morgan fingerprint density at radius 1 is 1.00 bits per heavy atom. The second-order valence-electron chi connectivity index (χ2n) is 6.28. The second-order valence-corrected chi connectivity index (χ2v) is 6.28. The molecule has 4 nitrogen and oxygen atoms in total. The quantitative estimate of drug-likeness (QED) is 0.604. The minimum absolute atomic E-state index is 0.425. The number of unbranched alkanes of at least 4 members (excludes halogenated alkanes) is 3. The molecule has 0 aliphatic carbocycles. The fourth-order valence-corrected chi connectivity index (χ4v) is 2.48. The lowest BCUT2D eigenvalue weighted by Crippen LogP contribution is -2.27. The standard InChI is InChI=1S/C20H26F2N2O2/c1-2-3-4-5-6-15-11-23-20(24-12-15)16-7-9-17(10-8-16)26-14-19(22)18(21)13-25/h7-12,18-19,25H,2-6,13-14H2,1H3/t18-,19-/m0/s1. The summed E-state index contributed by atoms with van der Waals surface area (Å²) >= 11 is 0. The van der Waals surface area contributed by atoms with Gasteiger partial charge >= 0.3 is 0 Å². The van der Waals surface area contributed by atoms with Crippen molar-refractivity contribution in [2.24, 2.45) is 0 Å². The van der Waals surface area contributed by atoms with E-state index in [1.165, 1.54) is 19.3 Å². The van der Waals surface area contributed by atoms with Gasteiger partial charge in [-0.3, -0.25) is 0 Å². The molecule has 26 heavy (non-hydrogen) atoms. The number of hydrogen-bond donors (Lipinski definition) is 1. The van der Waals surface area contributed by atoms with Gasteiger partial charge in [-0.15, -0.1) is 0 Å². The van der Waals surface area contributed by atoms with E-state index in [1.807, 2.05) is 12.4 Å². The first-order valence-electron chi connectivity index (χ1n) is 9.07. The Kier molecular flexibility index (Phi) is 8.41. The number of aliphatic hydroxyl groups is 1. The highest BCUT2D eigenvalue weighted by molar-refractivity contribution is 5.55. The third-order valence-electron chi connectivity index (χ3n) is 4.11. The third kappa shape index (κ3) is 6.33. The molecule has 142 valence electrons. The topological polar surface area (TPSA) is 55.2 Å². The minimum Gasteiger partial charge on any atom is -0.490 e. The predicted molar refractivity (Wildman–Crippen MR) is 97.7 cm³/mol. The first-order valence-corrected chi connectivity index (χ1v) is 9.07. The largest absolute Gasteiger partial charge is 0.490 e. The van der Waals surface area contributed by atoms with Crippen LogP contribution in [0.2, 0.25) is 0 Å². The van der Waals surface area contributed by atoms with Crippen LogP contribution in [0.25, 0.3) is 11.4 Å². The molecule has 6 heteroatoms. The Morgan fingerprint density at radius 3 is 2.31 bits per heavy atom. The van der Waals surface area contributed by atoms with Crippen molar-refractivity contribution in [2.75, 3.05) is 13.2 Å². The summed E-state index contributed by atoms with van der Waals surface area (Å²) in [5.41, 5.74) is 1.95. The molecule has 1 aromatic carbocycles. The van der Waals surface area contributed by atoms with E-state index in [1.54, 1.807) is 24.3 Å². The number of aromatic nitrogens is 2. The summed E-state index contributed by atoms with van der Waals surface area (Å²) in [4.78, 5) is 8.79. The molecule has 2 aromatic rings. The highest BCUT2D eigenvalue weighted by Gasteiger charge is 2.20. The number of halogens is 2. The molecule has 0 radical (unpaired) electrons. The van der Waals surface area contributed by atoms with Gasteiger partial charge in [0.15, 0.2) is 18.2 Å². The first-order chi connectivity index (χ1) is 12.6. The summed E-state index contributed by atoms with van der Waals surface area (Å²) in [5, 5.41) is 8.57. The van der Waals surface area contributed by atoms with Gasteiger partial charge in [0.05, 0.1) is 6.61 Å². The van der Waals surface area contributed by atoms with Gasteiger partial charge in [0, 0.05) is 18.0 Å². The number of aryl methyl sites for hydroxylation is 1. The molecule has 0 amide bonds. The van der Waals surface area contributed by atoms with E-state index in [9.17, 15) is 8.78 Å². The summed E-state index contributed by atoms with van der Waals surface area (Å²) < 4.78 is 31.5. The van der Waals surface area contributed by atoms with Crippen LogP contribution in [0.5, 0.6) is 5.75 Å². The molecule has 1 heterocycles. The van der Waals surface area contributed by atoms with Gasteiger partial charge in [0.2, 0.25) is 0 Å². The predicted octanol–water partition coefficient (Wildman–Crippen LogP) is 4.31. The Labute approximate surface area is 153 Å². The van der Waals surface area contributed by atoms with E-state index in [2.05, 4.69) is 16.9 Å². The van der Waals surface area contributed by atoms with Crippen molar-refractivity contribution in [3.05, 3.63) is 42.2 Å². The highest BCUT2D eigenvalue weighted by Crippen LogP contribution is 2.20. The van der Waals surface area contributed by atoms with E-state index in [0.717, 1.165) is 24.0 Å². The summed E-state index contributed by atoms with van der Waals surface area (Å²) in [6, 6.07) is 6.88. The first kappa shape index (κ1) is 20.2. The fraction of sp³-hybridized carbons (Fsp3) is 0.500. The summed E-state index contributed by atoms with van der Waals surface area (Å²) in [6.07, 6.45) is 5.75. The van der Waals surface area contributed by atoms with Crippen LogP contribution in [-0.4, -0.2) is 40.6 Å². The molecule has 1 N–H and O–H groups in total. The second kappa shape index (κ2) is 10.8. The van der Waals surface area contributed by atoms with Crippen molar-refractivity contribution in [1.82, 2.24) is 9.97 Å². The zero-order valence-electron chi connectivity index (χ0n) is 15.1. The van der Waals surface area contributed by atoms with Gasteiger partial charge in [-0.25, -0.2) is 18.7 Å². The molecule has 0 fully saturated rings. The van der Waals surface area contributed by atoms with E-state index in [4.69, 9.17) is 9.84 Å². The number of alkyl halides is 2. The number of ether oxygens (including phenoxy) is 1. The van der Waals surface area contributed by atoms with E-state index in [0.29, 0.717) is 11.6 Å². The lowest BCUT2D eigenvalue weighted by molar-refractivity contribution is 0.0661. The number of hydrogen-bond acceptors (Lipinski definition) is 4. The van der Waals surface area contributed by atoms with Crippen LogP contribution in [0, 0.1) is 0 Å². The molecule has 0 bridgehead atoms. The van der Waals surface area contributed by atoms with Gasteiger partial charge < -0.3 is 9.84 Å². The molecule has 2 rings (SSSR count). The lowest BCUT2D eigenvalue weighted by Gasteiger charge is -2.12. The maximum atomic E-state index is 13.3. The molecule has 0 saturated heterocycles. The van der Waals surface area contributed by atoms with Gasteiger partial charge in [0.1, 0.15) is 12.4 Å². The van der Waals surface area contributed by atoms with Crippen molar-refractivity contribution >= 4 is 0 Å². The van der Waals surface area contributed by atoms with Gasteiger partial charge in [-0.1, -0.05) is 26.2 Å². The van der Waals surface area contributed by atoms with Crippen LogP contribution >= 0.6 is 0 Å². The molecule has 0 spiro atoms. The number of benzene rings is 1. The van der Waals surface area contributed by atoms with Crippen molar-refractivity contribution in [3.8, 4) is 17.1 Å². The average Bonchev–Trinajstić information content (AvgIpc) is 2.69. The van der Waals surface area contributed by atoms with Crippen LogP contribution in [0.4, 0.5) is 8.78 Å². The maximum Gasteiger partial charge on any atom is 0.167 e. The van der Waals surface area contributed by atoms with Crippen LogP contribution < -0.4 is 4.74 Å². The molecule has 0 saturated carbocycles. The van der Waals surface area contributed by atoms with Crippen LogP contribution in [-0.2, 0) is 6.42 Å². The van der Waals surface area contributed by atoms with Gasteiger partial charge in [-0.05, 0) is 42.7 Å². The Morgan fingerprint density at radius 2 is 1.69 bits per heavy atom. The Bertz CT molecular complexity index is 635. The minimum atomic E-state index is -1.93. The maximum absolute atomic E-state index is 13.3. The summed E-state index contributed by atoms with van der Waals surface area (Å²) in [6.45, 7) is 0.900. The number of nitrogens with zero attached hydrogens (tertiary/aromatic N) is 2. The van der Waals surface area contributed by atoms with Gasteiger partial charge in [-0.2, -0.15) is 0 Å². The normalized spacial score (nSPS) is 13.4. The van der Waals surface area contributed by atoms with Crippen molar-refractivity contribution in [2.45, 2.75) is 51.4 Å². The Balaban J connectivity index is 1.87. The number of rotatable bonds is 11. The molecule has 0 aliphatic heterocycles. The van der Waals surface area contributed by atoms with Gasteiger partial charge in [0.25, 0.3) is 0 Å². The SMILES string of the molecule is CCCCCCc1cnc(-c2ccc(OC[C@H](F)[C@@H](F)CO)cc2)nc1. The molecule has 2 atom stereocenters. The summed E-state index contributed by atoms with van der Waals surface area (Å²) in [7, 11) is 0. The molecule has 0 aliphatic rings. The zero-order valence-corrected chi connectivity index (χ0v) is 15.1. The van der Waals surface area contributed by atoms with Crippen LogP contribution in [0.15, 0.2) is 36.7 Å². The third-order valence-corrected chi connectivity index (χ3v) is 4.11. The molecule has 0 unspecified atom stereocenters. The zero-order chi connectivity index (χ0) is 18.8.